The third kappa shape index (κ3) is 4.91. The number of halogens is 1. The number of amides is 1. The molecule has 0 radical (unpaired) electrons. The normalized spacial score (nSPS) is 11.1. The van der Waals surface area contributed by atoms with Crippen LogP contribution in [0.2, 0.25) is 0 Å². The highest BCUT2D eigenvalue weighted by molar-refractivity contribution is 9.10. The van der Waals surface area contributed by atoms with Gasteiger partial charge in [0.2, 0.25) is 0 Å². The summed E-state index contributed by atoms with van der Waals surface area (Å²) >= 11 is 3.30. The van der Waals surface area contributed by atoms with Crippen LogP contribution in [0.4, 0.5) is 11.5 Å². The molecule has 0 spiro atoms. The summed E-state index contributed by atoms with van der Waals surface area (Å²) in [7, 11) is 0. The van der Waals surface area contributed by atoms with E-state index in [9.17, 15) is 10.1 Å². The first-order valence-corrected chi connectivity index (χ1v) is 8.61. The largest absolute Gasteiger partial charge is 0.345 e. The Morgan fingerprint density at radius 2 is 2.08 bits per heavy atom. The van der Waals surface area contributed by atoms with Crippen molar-refractivity contribution in [1.82, 2.24) is 4.98 Å². The van der Waals surface area contributed by atoms with E-state index in [0.29, 0.717) is 5.82 Å². The summed E-state index contributed by atoms with van der Waals surface area (Å²) in [6.07, 6.45) is 2.99. The molecule has 2 rings (SSSR count). The van der Waals surface area contributed by atoms with Gasteiger partial charge in [0.15, 0.2) is 0 Å². The number of rotatable bonds is 5. The zero-order chi connectivity index (χ0) is 18.4. The van der Waals surface area contributed by atoms with Crippen LogP contribution in [0, 0.1) is 18.3 Å². The van der Waals surface area contributed by atoms with Gasteiger partial charge in [0.1, 0.15) is 17.5 Å². The molecule has 1 amide bonds. The first-order chi connectivity index (χ1) is 11.9. The van der Waals surface area contributed by atoms with Crippen LogP contribution < -0.4 is 10.6 Å². The van der Waals surface area contributed by atoms with Crippen LogP contribution in [0.1, 0.15) is 30.9 Å². The molecule has 6 heteroatoms. The van der Waals surface area contributed by atoms with Gasteiger partial charge < -0.3 is 10.6 Å². The Morgan fingerprint density at radius 1 is 1.32 bits per heavy atom. The molecule has 128 valence electrons. The molecule has 1 aromatic carbocycles. The SMILES string of the molecule is Cc1cccc(C(C)C)c1NC(=O)/C(C#N)=C\Nc1ccc(Br)cn1. The number of aryl methyl sites for hydroxylation is 1. The molecule has 0 bridgehead atoms. The van der Waals surface area contributed by atoms with Crippen LogP contribution in [0.15, 0.2) is 52.8 Å². The summed E-state index contributed by atoms with van der Waals surface area (Å²) in [5.74, 6) is 0.348. The Bertz CT molecular complexity index is 835. The highest BCUT2D eigenvalue weighted by Crippen LogP contribution is 2.27. The maximum absolute atomic E-state index is 12.5. The van der Waals surface area contributed by atoms with E-state index in [4.69, 9.17) is 0 Å². The van der Waals surface area contributed by atoms with Crippen molar-refractivity contribution in [2.75, 3.05) is 10.6 Å². The number of nitrogens with one attached hydrogen (secondary N) is 2. The zero-order valence-electron chi connectivity index (χ0n) is 14.3. The summed E-state index contributed by atoms with van der Waals surface area (Å²) in [6, 6.07) is 11.4. The summed E-state index contributed by atoms with van der Waals surface area (Å²) in [4.78, 5) is 16.6. The van der Waals surface area contributed by atoms with Crippen LogP contribution in [0.25, 0.3) is 0 Å². The molecular formula is C19H19BrN4O. The fraction of sp³-hybridized carbons (Fsp3) is 0.211. The van der Waals surface area contributed by atoms with Crippen molar-refractivity contribution < 1.29 is 4.79 Å². The fourth-order valence-electron chi connectivity index (χ4n) is 2.28. The van der Waals surface area contributed by atoms with Gasteiger partial charge in [0.05, 0.1) is 0 Å². The van der Waals surface area contributed by atoms with E-state index >= 15 is 0 Å². The van der Waals surface area contributed by atoms with Gasteiger partial charge in [0, 0.05) is 22.6 Å². The standard InChI is InChI=1S/C19H19BrN4O/c1-12(2)16-6-4-5-13(3)18(16)24-19(25)14(9-21)10-22-17-8-7-15(20)11-23-17/h4-8,10-12H,1-3H3,(H,22,23)(H,24,25)/b14-10-. The van der Waals surface area contributed by atoms with E-state index in [0.717, 1.165) is 21.3 Å². The molecule has 0 unspecified atom stereocenters. The lowest BCUT2D eigenvalue weighted by Gasteiger charge is -2.16. The second-order valence-electron chi connectivity index (χ2n) is 5.82. The Morgan fingerprint density at radius 3 is 2.68 bits per heavy atom. The van der Waals surface area contributed by atoms with E-state index in [1.165, 1.54) is 6.20 Å². The summed E-state index contributed by atoms with van der Waals surface area (Å²) in [5, 5.41) is 15.0. The Balaban J connectivity index is 2.20. The number of benzene rings is 1. The number of nitriles is 1. The van der Waals surface area contributed by atoms with Crippen molar-refractivity contribution in [3.8, 4) is 6.07 Å². The number of nitrogens with zero attached hydrogens (tertiary/aromatic N) is 2. The Labute approximate surface area is 155 Å². The van der Waals surface area contributed by atoms with Crippen molar-refractivity contribution in [2.45, 2.75) is 26.7 Å². The van der Waals surface area contributed by atoms with Crippen molar-refractivity contribution in [1.29, 1.82) is 5.26 Å². The van der Waals surface area contributed by atoms with Gasteiger partial charge in [-0.25, -0.2) is 4.98 Å². The maximum Gasteiger partial charge on any atom is 0.267 e. The predicted octanol–water partition coefficient (Wildman–Crippen LogP) is 4.73. The second kappa shape index (κ2) is 8.45. The third-order valence-corrected chi connectivity index (χ3v) is 4.09. The van der Waals surface area contributed by atoms with Crippen molar-refractivity contribution >= 4 is 33.3 Å². The molecule has 0 aliphatic carbocycles. The highest BCUT2D eigenvalue weighted by atomic mass is 79.9. The number of carbonyl (C=O) groups excluding carboxylic acids is 1. The number of pyridine rings is 1. The number of hydrogen-bond acceptors (Lipinski definition) is 4. The molecule has 5 nitrogen and oxygen atoms in total. The molecule has 2 aromatic rings. The molecule has 0 fully saturated rings. The molecule has 1 aromatic heterocycles. The van der Waals surface area contributed by atoms with Crippen LogP contribution in [0.3, 0.4) is 0 Å². The van der Waals surface area contributed by atoms with E-state index in [1.54, 1.807) is 12.3 Å². The van der Waals surface area contributed by atoms with E-state index in [-0.39, 0.29) is 11.5 Å². The van der Waals surface area contributed by atoms with Crippen molar-refractivity contribution in [3.05, 3.63) is 63.9 Å². The van der Waals surface area contributed by atoms with Crippen LogP contribution in [0.5, 0.6) is 0 Å². The first-order valence-electron chi connectivity index (χ1n) is 7.81. The smallest absolute Gasteiger partial charge is 0.267 e. The molecular weight excluding hydrogens is 380 g/mol. The molecule has 0 atom stereocenters. The minimum Gasteiger partial charge on any atom is -0.345 e. The summed E-state index contributed by atoms with van der Waals surface area (Å²) in [5.41, 5.74) is 2.72. The van der Waals surface area contributed by atoms with Crippen LogP contribution in [-0.4, -0.2) is 10.9 Å². The summed E-state index contributed by atoms with van der Waals surface area (Å²) in [6.45, 7) is 6.06. The second-order valence-corrected chi connectivity index (χ2v) is 6.74. The van der Waals surface area contributed by atoms with Gasteiger partial charge in [-0.15, -0.1) is 0 Å². The van der Waals surface area contributed by atoms with Gasteiger partial charge in [-0.1, -0.05) is 32.0 Å². The lowest BCUT2D eigenvalue weighted by atomic mass is 9.98. The van der Waals surface area contributed by atoms with Crippen LogP contribution >= 0.6 is 15.9 Å². The molecule has 0 aliphatic heterocycles. The van der Waals surface area contributed by atoms with Gasteiger partial charge >= 0.3 is 0 Å². The third-order valence-electron chi connectivity index (χ3n) is 3.62. The Hall–Kier alpha value is -2.65. The molecule has 1 heterocycles. The molecule has 0 saturated heterocycles. The van der Waals surface area contributed by atoms with Gasteiger partial charge in [-0.05, 0) is 52.0 Å². The predicted molar refractivity (Wildman–Crippen MR) is 103 cm³/mol. The molecule has 0 saturated carbocycles. The average molecular weight is 399 g/mol. The van der Waals surface area contributed by atoms with Gasteiger partial charge in [-0.2, -0.15) is 5.26 Å². The first kappa shape index (κ1) is 18.7. The zero-order valence-corrected chi connectivity index (χ0v) is 15.9. The van der Waals surface area contributed by atoms with Gasteiger partial charge in [0.25, 0.3) is 5.91 Å². The minimum atomic E-state index is -0.455. The monoisotopic (exact) mass is 398 g/mol. The molecule has 2 N–H and O–H groups in total. The minimum absolute atomic E-state index is 0.0253. The lowest BCUT2D eigenvalue weighted by molar-refractivity contribution is -0.112. The average Bonchev–Trinajstić information content (AvgIpc) is 2.58. The van der Waals surface area contributed by atoms with E-state index in [2.05, 4.69) is 45.4 Å². The van der Waals surface area contributed by atoms with E-state index < -0.39 is 5.91 Å². The van der Waals surface area contributed by atoms with Crippen molar-refractivity contribution in [3.63, 3.8) is 0 Å². The molecule has 25 heavy (non-hydrogen) atoms. The number of hydrogen-bond donors (Lipinski definition) is 2. The van der Waals surface area contributed by atoms with Crippen LogP contribution in [-0.2, 0) is 4.79 Å². The lowest BCUT2D eigenvalue weighted by Crippen LogP contribution is -2.17. The van der Waals surface area contributed by atoms with Crippen molar-refractivity contribution in [2.24, 2.45) is 0 Å². The topological polar surface area (TPSA) is 77.8 Å². The molecule has 0 aliphatic rings. The summed E-state index contributed by atoms with van der Waals surface area (Å²) < 4.78 is 0.848. The number of aromatic nitrogens is 1. The van der Waals surface area contributed by atoms with Gasteiger partial charge in [-0.3, -0.25) is 4.79 Å². The van der Waals surface area contributed by atoms with E-state index in [1.807, 2.05) is 37.3 Å². The Kier molecular flexibility index (Phi) is 6.31. The number of anilines is 2. The highest BCUT2D eigenvalue weighted by Gasteiger charge is 2.15. The number of carbonyl (C=O) groups is 1. The number of para-hydroxylation sites is 1. The maximum atomic E-state index is 12.5. The fourth-order valence-corrected chi connectivity index (χ4v) is 2.51. The quantitative estimate of drug-likeness (QED) is 0.563.